The van der Waals surface area contributed by atoms with Crippen LogP contribution < -0.4 is 5.73 Å². The van der Waals surface area contributed by atoms with E-state index in [1.807, 2.05) is 23.9 Å². The second kappa shape index (κ2) is 5.67. The van der Waals surface area contributed by atoms with Crippen LogP contribution in [0.15, 0.2) is 29.2 Å². The van der Waals surface area contributed by atoms with Crippen LogP contribution in [0, 0.1) is 0 Å². The fraction of sp³-hybridized carbons (Fsp3) is 0.308. The number of hydrogen-bond donors (Lipinski definition) is 1. The fourth-order valence-electron chi connectivity index (χ4n) is 1.66. The van der Waals surface area contributed by atoms with Crippen molar-refractivity contribution in [1.82, 2.24) is 9.78 Å². The summed E-state index contributed by atoms with van der Waals surface area (Å²) < 4.78 is 1.92. The normalized spacial score (nSPS) is 10.8. The topological polar surface area (TPSA) is 43.8 Å². The predicted octanol–water partition coefficient (Wildman–Crippen LogP) is 3.51. The Morgan fingerprint density at radius 3 is 2.83 bits per heavy atom. The van der Waals surface area contributed by atoms with Crippen LogP contribution in [-0.2, 0) is 19.2 Å². The Bertz CT molecular complexity index is 551. The zero-order chi connectivity index (χ0) is 13.1. The highest BCUT2D eigenvalue weighted by molar-refractivity contribution is 7.98. The zero-order valence-electron chi connectivity index (χ0n) is 10.5. The third-order valence-corrected chi connectivity index (χ3v) is 4.08. The highest BCUT2D eigenvalue weighted by Gasteiger charge is 2.06. The number of nitrogens with zero attached hydrogens (tertiary/aromatic N) is 2. The molecular weight excluding hydrogens is 266 g/mol. The highest BCUT2D eigenvalue weighted by atomic mass is 35.5. The molecule has 0 spiro atoms. The summed E-state index contributed by atoms with van der Waals surface area (Å²) in [4.78, 5) is 1.02. The summed E-state index contributed by atoms with van der Waals surface area (Å²) in [5.74, 6) is 0.841. The summed E-state index contributed by atoms with van der Waals surface area (Å²) in [6.07, 6.45) is 0.956. The van der Waals surface area contributed by atoms with E-state index in [0.29, 0.717) is 5.02 Å². The Kier molecular flexibility index (Phi) is 4.19. The Hall–Kier alpha value is -1.13. The van der Waals surface area contributed by atoms with Gasteiger partial charge in [-0.05, 0) is 30.7 Å². The van der Waals surface area contributed by atoms with Crippen molar-refractivity contribution in [3.63, 3.8) is 0 Å². The third-order valence-electron chi connectivity index (χ3n) is 2.74. The van der Waals surface area contributed by atoms with Crippen LogP contribution in [0.2, 0.25) is 5.02 Å². The van der Waals surface area contributed by atoms with Gasteiger partial charge >= 0.3 is 0 Å². The van der Waals surface area contributed by atoms with Gasteiger partial charge in [-0.15, -0.1) is 11.8 Å². The highest BCUT2D eigenvalue weighted by Crippen LogP contribution is 2.30. The molecule has 1 aromatic carbocycles. The van der Waals surface area contributed by atoms with Crippen LogP contribution in [0.5, 0.6) is 0 Å². The Labute approximate surface area is 116 Å². The van der Waals surface area contributed by atoms with Gasteiger partial charge in [0.25, 0.3) is 0 Å². The molecule has 0 aliphatic carbocycles. The molecule has 0 atom stereocenters. The van der Waals surface area contributed by atoms with Crippen molar-refractivity contribution >= 4 is 29.1 Å². The Morgan fingerprint density at radius 2 is 2.17 bits per heavy atom. The predicted molar refractivity (Wildman–Crippen MR) is 78.0 cm³/mol. The Balaban J connectivity index is 2.11. The number of nitrogens with two attached hydrogens (primary N) is 1. The van der Waals surface area contributed by atoms with E-state index in [1.165, 1.54) is 5.69 Å². The average Bonchev–Trinajstić information content (AvgIpc) is 2.71. The molecule has 0 aliphatic rings. The largest absolute Gasteiger partial charge is 0.398 e. The van der Waals surface area contributed by atoms with Gasteiger partial charge < -0.3 is 5.73 Å². The van der Waals surface area contributed by atoms with Crippen molar-refractivity contribution < 1.29 is 0 Å². The lowest BCUT2D eigenvalue weighted by molar-refractivity contribution is 0.720. The van der Waals surface area contributed by atoms with Crippen LogP contribution in [0.4, 0.5) is 5.69 Å². The average molecular weight is 282 g/mol. The minimum atomic E-state index is 0.714. The number of rotatable bonds is 4. The summed E-state index contributed by atoms with van der Waals surface area (Å²) in [6.45, 7) is 2.11. The van der Waals surface area contributed by atoms with Gasteiger partial charge in [0, 0.05) is 34.1 Å². The number of aromatic nitrogens is 2. The number of aryl methyl sites for hydroxylation is 2. The molecule has 2 aromatic rings. The van der Waals surface area contributed by atoms with E-state index < -0.39 is 0 Å². The van der Waals surface area contributed by atoms with Gasteiger partial charge in [0.2, 0.25) is 0 Å². The van der Waals surface area contributed by atoms with Crippen molar-refractivity contribution in [2.75, 3.05) is 5.73 Å². The monoisotopic (exact) mass is 281 g/mol. The molecule has 18 heavy (non-hydrogen) atoms. The molecule has 0 unspecified atom stereocenters. The second-order valence-corrected chi connectivity index (χ2v) is 5.53. The summed E-state index contributed by atoms with van der Waals surface area (Å²) in [5.41, 5.74) is 9.00. The summed E-state index contributed by atoms with van der Waals surface area (Å²) >= 11 is 7.65. The molecule has 0 bridgehead atoms. The molecule has 5 heteroatoms. The molecule has 0 amide bonds. The van der Waals surface area contributed by atoms with E-state index in [0.717, 1.165) is 28.5 Å². The van der Waals surface area contributed by atoms with Gasteiger partial charge in [-0.2, -0.15) is 5.10 Å². The number of benzene rings is 1. The maximum Gasteiger partial charge on any atom is 0.0625 e. The lowest BCUT2D eigenvalue weighted by atomic mass is 10.3. The lowest BCUT2D eigenvalue weighted by Crippen LogP contribution is -1.97. The van der Waals surface area contributed by atoms with E-state index in [-0.39, 0.29) is 0 Å². The first-order chi connectivity index (χ1) is 8.60. The maximum atomic E-state index is 5.97. The van der Waals surface area contributed by atoms with Crippen LogP contribution >= 0.6 is 23.4 Å². The third kappa shape index (κ3) is 3.00. The minimum absolute atomic E-state index is 0.714. The first kappa shape index (κ1) is 13.3. The van der Waals surface area contributed by atoms with E-state index in [4.69, 9.17) is 17.3 Å². The minimum Gasteiger partial charge on any atom is -0.398 e. The molecule has 0 saturated carbocycles. The second-order valence-electron chi connectivity index (χ2n) is 4.07. The molecule has 0 aliphatic heterocycles. The first-order valence-corrected chi connectivity index (χ1v) is 7.16. The van der Waals surface area contributed by atoms with Gasteiger partial charge in [0.05, 0.1) is 5.69 Å². The molecule has 2 N–H and O–H groups in total. The van der Waals surface area contributed by atoms with Gasteiger partial charge in [-0.25, -0.2) is 0 Å². The van der Waals surface area contributed by atoms with Gasteiger partial charge in [0.1, 0.15) is 0 Å². The van der Waals surface area contributed by atoms with Crippen molar-refractivity contribution in [1.29, 1.82) is 0 Å². The van der Waals surface area contributed by atoms with E-state index >= 15 is 0 Å². The lowest BCUT2D eigenvalue weighted by Gasteiger charge is -2.06. The van der Waals surface area contributed by atoms with Crippen LogP contribution in [0.1, 0.15) is 18.3 Å². The number of anilines is 1. The maximum absolute atomic E-state index is 5.97. The molecule has 1 aromatic heterocycles. The first-order valence-electron chi connectivity index (χ1n) is 5.79. The van der Waals surface area contributed by atoms with Crippen molar-refractivity contribution in [3.05, 3.63) is 40.7 Å². The summed E-state index contributed by atoms with van der Waals surface area (Å²) in [6, 6.07) is 7.68. The smallest absolute Gasteiger partial charge is 0.0625 e. The standard InChI is InChI=1S/C13H16ClN3S/c1-3-10-7-11(17(2)16-10)8-18-13-6-9(14)4-5-12(13)15/h4-7H,3,8,15H2,1-2H3. The van der Waals surface area contributed by atoms with Crippen LogP contribution in [0.3, 0.4) is 0 Å². The number of hydrogen-bond acceptors (Lipinski definition) is 3. The van der Waals surface area contributed by atoms with Gasteiger partial charge in [0.15, 0.2) is 0 Å². The van der Waals surface area contributed by atoms with E-state index in [2.05, 4.69) is 18.1 Å². The summed E-state index contributed by atoms with van der Waals surface area (Å²) in [7, 11) is 1.97. The van der Waals surface area contributed by atoms with E-state index in [9.17, 15) is 0 Å². The molecule has 2 rings (SSSR count). The van der Waals surface area contributed by atoms with Gasteiger partial charge in [-0.3, -0.25) is 4.68 Å². The van der Waals surface area contributed by atoms with Crippen molar-refractivity contribution in [2.24, 2.45) is 7.05 Å². The summed E-state index contributed by atoms with van der Waals surface area (Å²) in [5, 5.41) is 5.14. The fourth-order valence-corrected chi connectivity index (χ4v) is 2.92. The van der Waals surface area contributed by atoms with Crippen LogP contribution in [0.25, 0.3) is 0 Å². The van der Waals surface area contributed by atoms with Crippen molar-refractivity contribution in [2.45, 2.75) is 24.0 Å². The zero-order valence-corrected chi connectivity index (χ0v) is 12.1. The number of halogens is 1. The quantitative estimate of drug-likeness (QED) is 0.689. The molecule has 3 nitrogen and oxygen atoms in total. The van der Waals surface area contributed by atoms with Crippen LogP contribution in [-0.4, -0.2) is 9.78 Å². The molecule has 1 heterocycles. The Morgan fingerprint density at radius 1 is 1.39 bits per heavy atom. The molecule has 0 saturated heterocycles. The van der Waals surface area contributed by atoms with Gasteiger partial charge in [-0.1, -0.05) is 18.5 Å². The van der Waals surface area contributed by atoms with Crippen molar-refractivity contribution in [3.8, 4) is 0 Å². The molecule has 0 radical (unpaired) electrons. The molecule has 96 valence electrons. The molecule has 0 fully saturated rings. The number of nitrogen functional groups attached to an aromatic ring is 1. The van der Waals surface area contributed by atoms with E-state index in [1.54, 1.807) is 17.8 Å². The number of thioether (sulfide) groups is 1. The molecular formula is C13H16ClN3S. The SMILES string of the molecule is CCc1cc(CSc2cc(Cl)ccc2N)n(C)n1.